The average Bonchev–Trinajstić information content (AvgIpc) is 3.28. The van der Waals surface area contributed by atoms with Crippen molar-refractivity contribution in [3.8, 4) is 22.8 Å². The molecule has 1 aromatic heterocycles. The molecular formula is C17H13FN4O3. The van der Waals surface area contributed by atoms with Crippen molar-refractivity contribution in [3.63, 3.8) is 0 Å². The number of fused-ring (bicyclic) bond motifs is 1. The smallest absolute Gasteiger partial charge is 0.252 e. The summed E-state index contributed by atoms with van der Waals surface area (Å²) in [7, 11) is 0. The molecular weight excluding hydrogens is 327 g/mol. The highest BCUT2D eigenvalue weighted by Gasteiger charge is 2.16. The summed E-state index contributed by atoms with van der Waals surface area (Å²) in [6, 6.07) is 11.3. The molecule has 1 amide bonds. The van der Waals surface area contributed by atoms with Crippen molar-refractivity contribution >= 4 is 5.91 Å². The maximum Gasteiger partial charge on any atom is 0.252 e. The standard InChI is InChI=1S/C17H13FN4O3/c18-13-4-2-1-3-12(13)14-8-22(21-20-14)9-19-17(23)11-5-6-15-16(7-11)25-10-24-15/h1-8H,9-10H2,(H,19,23). The van der Waals surface area contributed by atoms with E-state index in [1.54, 1.807) is 42.6 Å². The fraction of sp³-hybridized carbons (Fsp3) is 0.118. The van der Waals surface area contributed by atoms with Crippen LogP contribution in [-0.4, -0.2) is 27.7 Å². The Hall–Kier alpha value is -3.42. The zero-order chi connectivity index (χ0) is 17.2. The molecule has 4 rings (SSSR count). The van der Waals surface area contributed by atoms with Gasteiger partial charge in [0.1, 0.15) is 18.2 Å². The fourth-order valence-electron chi connectivity index (χ4n) is 2.46. The van der Waals surface area contributed by atoms with Crippen LogP contribution >= 0.6 is 0 Å². The van der Waals surface area contributed by atoms with Gasteiger partial charge in [-0.3, -0.25) is 4.79 Å². The molecule has 25 heavy (non-hydrogen) atoms. The van der Waals surface area contributed by atoms with E-state index in [4.69, 9.17) is 9.47 Å². The molecule has 0 spiro atoms. The number of halogens is 1. The predicted molar refractivity (Wildman–Crippen MR) is 85.4 cm³/mol. The van der Waals surface area contributed by atoms with Crippen LogP contribution in [0.2, 0.25) is 0 Å². The normalized spacial score (nSPS) is 12.2. The molecule has 2 aromatic carbocycles. The van der Waals surface area contributed by atoms with Gasteiger partial charge in [-0.15, -0.1) is 5.10 Å². The van der Waals surface area contributed by atoms with E-state index in [-0.39, 0.29) is 25.2 Å². The van der Waals surface area contributed by atoms with Crippen LogP contribution in [0.4, 0.5) is 4.39 Å². The molecule has 7 nitrogen and oxygen atoms in total. The molecule has 126 valence electrons. The first-order chi connectivity index (χ1) is 12.2. The molecule has 0 unspecified atom stereocenters. The number of ether oxygens (including phenoxy) is 2. The summed E-state index contributed by atoms with van der Waals surface area (Å²) < 4.78 is 25.6. The van der Waals surface area contributed by atoms with Crippen molar-refractivity contribution in [3.05, 3.63) is 60.0 Å². The zero-order valence-corrected chi connectivity index (χ0v) is 13.0. The first kappa shape index (κ1) is 15.1. The van der Waals surface area contributed by atoms with Gasteiger partial charge < -0.3 is 14.8 Å². The van der Waals surface area contributed by atoms with Gasteiger partial charge in [0.25, 0.3) is 5.91 Å². The minimum absolute atomic E-state index is 0.106. The molecule has 1 N–H and O–H groups in total. The Bertz CT molecular complexity index is 941. The Morgan fingerprint density at radius 1 is 1.20 bits per heavy atom. The van der Waals surface area contributed by atoms with Crippen LogP contribution in [0.1, 0.15) is 10.4 Å². The third kappa shape index (κ3) is 3.01. The van der Waals surface area contributed by atoms with Gasteiger partial charge >= 0.3 is 0 Å². The van der Waals surface area contributed by atoms with Gasteiger partial charge in [-0.25, -0.2) is 9.07 Å². The highest BCUT2D eigenvalue weighted by Crippen LogP contribution is 2.32. The van der Waals surface area contributed by atoms with Gasteiger partial charge in [0.2, 0.25) is 6.79 Å². The minimum Gasteiger partial charge on any atom is -0.454 e. The number of hydrogen-bond acceptors (Lipinski definition) is 5. The number of aromatic nitrogens is 3. The van der Waals surface area contributed by atoms with E-state index in [0.29, 0.717) is 28.3 Å². The summed E-state index contributed by atoms with van der Waals surface area (Å²) in [6.45, 7) is 0.257. The molecule has 1 aliphatic rings. The highest BCUT2D eigenvalue weighted by molar-refractivity contribution is 5.94. The Morgan fingerprint density at radius 3 is 2.92 bits per heavy atom. The van der Waals surface area contributed by atoms with Crippen LogP contribution in [0.5, 0.6) is 11.5 Å². The van der Waals surface area contributed by atoms with Crippen LogP contribution in [0, 0.1) is 5.82 Å². The van der Waals surface area contributed by atoms with Gasteiger partial charge in [-0.1, -0.05) is 17.3 Å². The zero-order valence-electron chi connectivity index (χ0n) is 13.0. The number of carbonyl (C=O) groups is 1. The molecule has 3 aromatic rings. The molecule has 0 fully saturated rings. The maximum atomic E-state index is 13.8. The summed E-state index contributed by atoms with van der Waals surface area (Å²) >= 11 is 0. The third-order valence-corrected chi connectivity index (χ3v) is 3.72. The van der Waals surface area contributed by atoms with Gasteiger partial charge in [-0.05, 0) is 30.3 Å². The van der Waals surface area contributed by atoms with Gasteiger partial charge in [0, 0.05) is 11.1 Å². The number of amides is 1. The van der Waals surface area contributed by atoms with Crippen molar-refractivity contribution in [2.75, 3.05) is 6.79 Å². The summed E-state index contributed by atoms with van der Waals surface area (Å²) in [6.07, 6.45) is 1.57. The topological polar surface area (TPSA) is 78.3 Å². The molecule has 0 atom stereocenters. The number of nitrogens with zero attached hydrogens (tertiary/aromatic N) is 3. The second kappa shape index (κ2) is 6.23. The summed E-state index contributed by atoms with van der Waals surface area (Å²) in [4.78, 5) is 12.2. The number of benzene rings is 2. The lowest BCUT2D eigenvalue weighted by atomic mass is 10.1. The van der Waals surface area contributed by atoms with Crippen LogP contribution in [0.3, 0.4) is 0 Å². The number of carbonyl (C=O) groups excluding carboxylic acids is 1. The quantitative estimate of drug-likeness (QED) is 0.788. The van der Waals surface area contributed by atoms with E-state index in [1.807, 2.05) is 0 Å². The SMILES string of the molecule is O=C(NCn1cc(-c2ccccc2F)nn1)c1ccc2c(c1)OCO2. The van der Waals surface area contributed by atoms with E-state index < -0.39 is 0 Å². The van der Waals surface area contributed by atoms with Crippen molar-refractivity contribution in [2.24, 2.45) is 0 Å². The van der Waals surface area contributed by atoms with E-state index in [0.717, 1.165) is 0 Å². The molecule has 0 saturated carbocycles. The van der Waals surface area contributed by atoms with Crippen LogP contribution in [-0.2, 0) is 6.67 Å². The maximum absolute atomic E-state index is 13.8. The first-order valence-corrected chi connectivity index (χ1v) is 7.53. The summed E-state index contributed by atoms with van der Waals surface area (Å²) in [5, 5.41) is 10.5. The minimum atomic E-state index is -0.376. The largest absolute Gasteiger partial charge is 0.454 e. The summed E-state index contributed by atoms with van der Waals surface area (Å²) in [5.41, 5.74) is 1.20. The van der Waals surface area contributed by atoms with Gasteiger partial charge in [-0.2, -0.15) is 0 Å². The van der Waals surface area contributed by atoms with Crippen molar-refractivity contribution in [1.29, 1.82) is 0 Å². The van der Waals surface area contributed by atoms with Crippen molar-refractivity contribution in [1.82, 2.24) is 20.3 Å². The second-order valence-electron chi connectivity index (χ2n) is 5.36. The number of nitrogens with one attached hydrogen (secondary N) is 1. The van der Waals surface area contributed by atoms with Crippen LogP contribution < -0.4 is 14.8 Å². The van der Waals surface area contributed by atoms with E-state index in [2.05, 4.69) is 15.6 Å². The number of hydrogen-bond donors (Lipinski definition) is 1. The molecule has 0 saturated heterocycles. The molecule has 0 radical (unpaired) electrons. The van der Waals surface area contributed by atoms with Crippen LogP contribution in [0.25, 0.3) is 11.3 Å². The lowest BCUT2D eigenvalue weighted by molar-refractivity contribution is 0.0939. The Morgan fingerprint density at radius 2 is 2.04 bits per heavy atom. The van der Waals surface area contributed by atoms with E-state index in [1.165, 1.54) is 10.7 Å². The molecule has 0 bridgehead atoms. The Labute approximate surface area is 142 Å². The molecule has 8 heteroatoms. The van der Waals surface area contributed by atoms with Gasteiger partial charge in [0.05, 0.1) is 6.20 Å². The van der Waals surface area contributed by atoms with Crippen molar-refractivity contribution < 1.29 is 18.7 Å². The lowest BCUT2D eigenvalue weighted by Crippen LogP contribution is -2.26. The van der Waals surface area contributed by atoms with E-state index >= 15 is 0 Å². The first-order valence-electron chi connectivity index (χ1n) is 7.53. The molecule has 1 aliphatic heterocycles. The Balaban J connectivity index is 1.43. The van der Waals surface area contributed by atoms with Crippen molar-refractivity contribution in [2.45, 2.75) is 6.67 Å². The lowest BCUT2D eigenvalue weighted by Gasteiger charge is -2.05. The third-order valence-electron chi connectivity index (χ3n) is 3.72. The molecule has 2 heterocycles. The van der Waals surface area contributed by atoms with Crippen LogP contribution in [0.15, 0.2) is 48.7 Å². The molecule has 0 aliphatic carbocycles. The average molecular weight is 340 g/mol. The Kier molecular flexibility index (Phi) is 3.77. The highest BCUT2D eigenvalue weighted by atomic mass is 19.1. The monoisotopic (exact) mass is 340 g/mol. The summed E-state index contributed by atoms with van der Waals surface area (Å²) in [5.74, 6) is 0.484. The predicted octanol–water partition coefficient (Wildman–Crippen LogP) is 2.20. The van der Waals surface area contributed by atoms with E-state index in [9.17, 15) is 9.18 Å². The van der Waals surface area contributed by atoms with Gasteiger partial charge in [0.15, 0.2) is 11.5 Å². The second-order valence-corrected chi connectivity index (χ2v) is 5.36. The fourth-order valence-corrected chi connectivity index (χ4v) is 2.46. The number of rotatable bonds is 4.